The van der Waals surface area contributed by atoms with E-state index in [9.17, 15) is 26.3 Å². The second kappa shape index (κ2) is 28.3. The van der Waals surface area contributed by atoms with Crippen molar-refractivity contribution in [2.45, 2.75) is 17.9 Å². The van der Waals surface area contributed by atoms with Crippen molar-refractivity contribution in [3.8, 4) is 6.07 Å². The molecule has 0 unspecified atom stereocenters. The van der Waals surface area contributed by atoms with Crippen LogP contribution in [-0.4, -0.2) is 42.4 Å². The molecule has 8 nitrogen and oxygen atoms in total. The van der Waals surface area contributed by atoms with E-state index in [1.54, 1.807) is 6.07 Å². The normalized spacial score (nSPS) is 14.1. The number of hydrogen-bond donors (Lipinski definition) is 2. The van der Waals surface area contributed by atoms with Gasteiger partial charge in [-0.1, -0.05) is 121 Å². The molecule has 0 amide bonds. The van der Waals surface area contributed by atoms with Crippen molar-refractivity contribution in [2.24, 2.45) is 0 Å². The summed E-state index contributed by atoms with van der Waals surface area (Å²) in [5, 5.41) is 12.9. The molecule has 314 valence electrons. The van der Waals surface area contributed by atoms with E-state index in [4.69, 9.17) is 31.2 Å². The number of hydrogen-bond acceptors (Lipinski definition) is 5. The zero-order valence-electron chi connectivity index (χ0n) is 29.8. The molecule has 0 aromatic heterocycles. The Morgan fingerprint density at radius 3 is 0.793 bits per heavy atom. The fourth-order valence-electron chi connectivity index (χ4n) is 4.23. The van der Waals surface area contributed by atoms with Gasteiger partial charge in [-0.3, -0.25) is 9.11 Å². The fraction of sp³-hybridized carbons (Fsp3) is 0.0789. The van der Waals surface area contributed by atoms with Gasteiger partial charge in [0.25, 0.3) is 0 Å². The Kier molecular flexibility index (Phi) is 28.3. The zero-order valence-corrected chi connectivity index (χ0v) is 35.9. The minimum absolute atomic E-state index is 0. The molecule has 0 saturated heterocycles. The van der Waals surface area contributed by atoms with Crippen LogP contribution in [-0.2, 0) is 57.7 Å². The molecule has 0 aliphatic heterocycles. The molecule has 4 aromatic rings. The third kappa shape index (κ3) is 20.4. The second-order valence-electron chi connectivity index (χ2n) is 10.4. The fourth-order valence-corrected chi connectivity index (χ4v) is 8.84. The van der Waals surface area contributed by atoms with Crippen LogP contribution in [0.1, 0.15) is 6.92 Å². The summed E-state index contributed by atoms with van der Waals surface area (Å²) < 4.78 is 115. The van der Waals surface area contributed by atoms with E-state index in [0.29, 0.717) is 0 Å². The Morgan fingerprint density at radius 1 is 0.500 bits per heavy atom. The Balaban J connectivity index is 0. The van der Waals surface area contributed by atoms with Crippen molar-refractivity contribution >= 4 is 57.3 Å². The Morgan fingerprint density at radius 2 is 0.655 bits per heavy atom. The van der Waals surface area contributed by atoms with Gasteiger partial charge >= 0.3 is 48.3 Å². The van der Waals surface area contributed by atoms with Gasteiger partial charge in [0.05, 0.1) is 6.07 Å². The van der Waals surface area contributed by atoms with E-state index >= 15 is 0 Å². The number of alkyl halides is 6. The van der Waals surface area contributed by atoms with Crippen molar-refractivity contribution in [3.63, 3.8) is 0 Å². The molecular weight excluding hydrogens is 985 g/mol. The summed E-state index contributed by atoms with van der Waals surface area (Å²) in [4.78, 5) is 0. The van der Waals surface area contributed by atoms with Gasteiger partial charge in [-0.05, 0) is 88.4 Å². The summed E-state index contributed by atoms with van der Waals surface area (Å²) in [6.07, 6.45) is 17.4. The van der Waals surface area contributed by atoms with E-state index in [-0.39, 0.29) is 43.0 Å². The zero-order chi connectivity index (χ0) is 41.1. The van der Waals surface area contributed by atoms with Crippen LogP contribution in [0.4, 0.5) is 26.3 Å². The smallest absolute Gasteiger partial charge is 0.412 e. The summed E-state index contributed by atoms with van der Waals surface area (Å²) in [6, 6.07) is 44.9. The minimum atomic E-state index is -5.84. The van der Waals surface area contributed by atoms with Gasteiger partial charge in [0.2, 0.25) is 0 Å². The topological polar surface area (TPSA) is 164 Å². The van der Waals surface area contributed by atoms with Crippen molar-refractivity contribution in [3.05, 3.63) is 184 Å². The van der Waals surface area contributed by atoms with Crippen LogP contribution < -0.4 is 21.2 Å². The second-order valence-corrected chi connectivity index (χ2v) is 17.6. The first-order valence-electron chi connectivity index (χ1n) is 15.4. The van der Waals surface area contributed by atoms with Crippen molar-refractivity contribution in [1.29, 1.82) is 5.26 Å². The van der Waals surface area contributed by atoms with Gasteiger partial charge in [-0.2, -0.15) is 48.4 Å². The van der Waals surface area contributed by atoms with Gasteiger partial charge in [0, 0.05) is 38.7 Å². The molecule has 20 heteroatoms. The maximum Gasteiger partial charge on any atom is 2.00 e. The molecule has 0 spiro atoms. The number of halogens is 6. The van der Waals surface area contributed by atoms with Crippen LogP contribution in [0.2, 0.25) is 0 Å². The maximum absolute atomic E-state index is 10.7. The average molecular weight is 1020 g/mol. The number of nitrogens with zero attached hydrogens (tertiary/aromatic N) is 1. The van der Waals surface area contributed by atoms with E-state index in [0.717, 1.165) is 0 Å². The minimum Gasteiger partial charge on any atom is -0.412 e. The molecule has 2 saturated carbocycles. The molecule has 6 rings (SSSR count). The van der Waals surface area contributed by atoms with Crippen molar-refractivity contribution < 1.29 is 95.3 Å². The van der Waals surface area contributed by atoms with Crippen LogP contribution in [0.25, 0.3) is 0 Å². The Bertz CT molecular complexity index is 1730. The summed E-state index contributed by atoms with van der Waals surface area (Å²) >= 11 is 0. The molecule has 2 fully saturated rings. The van der Waals surface area contributed by atoms with Gasteiger partial charge in [-0.25, -0.2) is 0 Å². The predicted octanol–water partition coefficient (Wildman–Crippen LogP) is 7.45. The summed E-state index contributed by atoms with van der Waals surface area (Å²) in [7, 11) is -12.5. The Hall–Kier alpha value is -2.23. The summed E-state index contributed by atoms with van der Waals surface area (Å²) in [6.45, 7) is 1.43. The number of rotatable bonds is 6. The summed E-state index contributed by atoms with van der Waals surface area (Å²) in [5.74, 6) is 0. The number of benzene rings is 4. The van der Waals surface area contributed by atoms with Crippen LogP contribution in [0, 0.1) is 74.0 Å². The quantitative estimate of drug-likeness (QED) is 0.0666. The molecule has 10 radical (unpaired) electrons. The molecule has 2 aliphatic carbocycles. The molecule has 0 heterocycles. The van der Waals surface area contributed by atoms with E-state index in [1.165, 1.54) is 39.5 Å². The molecule has 4 N–H and O–H groups in total. The van der Waals surface area contributed by atoms with Crippen LogP contribution in [0.15, 0.2) is 121 Å². The van der Waals surface area contributed by atoms with Crippen molar-refractivity contribution in [1.82, 2.24) is 0 Å². The molecule has 4 aromatic carbocycles. The standard InChI is InChI=1S/2C17H14P.C2H3N.2CHF3O3S.Fe.H2O.Pd/c2*1-3-9-15(10-4-1)18(17-13-7-8-14-17)16-11-5-2-6-12-16;1-2-3;2*2-1(3,4)8(5,6)7;;;/h2*1-14H;1H3;2*(H,5,6,7);;1H2;/q;;;;;+2;;. The van der Waals surface area contributed by atoms with Gasteiger partial charge in [0.1, 0.15) is 0 Å². The van der Waals surface area contributed by atoms with Crippen LogP contribution in [0.3, 0.4) is 0 Å². The first-order valence-corrected chi connectivity index (χ1v) is 21.0. The van der Waals surface area contributed by atoms with Gasteiger partial charge in [-0.15, -0.1) is 0 Å². The van der Waals surface area contributed by atoms with Crippen molar-refractivity contribution in [2.75, 3.05) is 0 Å². The van der Waals surface area contributed by atoms with Crippen LogP contribution >= 0.6 is 15.8 Å². The van der Waals surface area contributed by atoms with Gasteiger partial charge < -0.3 is 5.48 Å². The Labute approximate surface area is 363 Å². The van der Waals surface area contributed by atoms with E-state index < -0.39 is 47.1 Å². The molecule has 0 atom stereocenters. The molecule has 58 heavy (non-hydrogen) atoms. The number of nitriles is 1. The largest absolute Gasteiger partial charge is 2.00 e. The van der Waals surface area contributed by atoms with Crippen LogP contribution in [0.5, 0.6) is 0 Å². The first-order chi connectivity index (χ1) is 25.8. The SMILES string of the molecule is CC#N.O.O=S(=O)(O)C(F)(F)F.O=S(=O)(O)C(F)(F)F.[CH]1[CH][CH][C](P(c2ccccc2)c2ccccc2)[CH]1.[CH]1[CH][CH][C](P(c2ccccc2)c2ccccc2)[CH]1.[Fe+2].[Pd]. The first kappa shape index (κ1) is 57.9. The molecular formula is C38H35F6FeNO7P2PdS2+2. The van der Waals surface area contributed by atoms with E-state index in [2.05, 4.69) is 173 Å². The van der Waals surface area contributed by atoms with Gasteiger partial charge in [0.15, 0.2) is 0 Å². The monoisotopic (exact) mass is 1020 g/mol. The molecule has 2 aliphatic rings. The maximum atomic E-state index is 10.7. The summed E-state index contributed by atoms with van der Waals surface area (Å²) in [5.41, 5.74) is -8.23. The third-order valence-corrected chi connectivity index (χ3v) is 12.5. The van der Waals surface area contributed by atoms with E-state index in [1.807, 2.05) is 0 Å². The predicted molar refractivity (Wildman–Crippen MR) is 209 cm³/mol. The average Bonchev–Trinajstić information content (AvgIpc) is 3.86. The molecule has 0 bridgehead atoms. The third-order valence-electron chi connectivity index (χ3n) is 6.45.